The molecule has 19 heavy (non-hydrogen) atoms. The fourth-order valence-corrected chi connectivity index (χ4v) is 4.10. The molecule has 2 heterocycles. The predicted molar refractivity (Wildman–Crippen MR) is 76.8 cm³/mol. The van der Waals surface area contributed by atoms with Crippen LogP contribution < -0.4 is 5.32 Å². The normalized spacial score (nSPS) is 24.7. The molecule has 0 aromatic carbocycles. The van der Waals surface area contributed by atoms with Gasteiger partial charge in [0, 0.05) is 58.9 Å². The highest BCUT2D eigenvalue weighted by atomic mass is 32.2. The summed E-state index contributed by atoms with van der Waals surface area (Å²) in [4.78, 5) is 4.53. The minimum absolute atomic E-state index is 0.263. The lowest BCUT2D eigenvalue weighted by Gasteiger charge is -2.34. The van der Waals surface area contributed by atoms with Gasteiger partial charge in [0.05, 0.1) is 5.75 Å². The largest absolute Gasteiger partial charge is 0.314 e. The summed E-state index contributed by atoms with van der Waals surface area (Å²) in [7, 11) is -3.07. The van der Waals surface area contributed by atoms with E-state index in [9.17, 15) is 8.42 Å². The first-order chi connectivity index (χ1) is 9.12. The molecule has 2 aliphatic rings. The number of nitrogens with zero attached hydrogens (tertiary/aromatic N) is 3. The SMILES string of the molecule is CCN1CCN(S(=O)(=O)CCN2CCNCC2)CC1. The first-order valence-electron chi connectivity index (χ1n) is 7.25. The van der Waals surface area contributed by atoms with E-state index in [0.29, 0.717) is 19.6 Å². The Morgan fingerprint density at radius 2 is 1.58 bits per heavy atom. The first kappa shape index (κ1) is 15.2. The van der Waals surface area contributed by atoms with Crippen LogP contribution in [-0.4, -0.2) is 93.7 Å². The van der Waals surface area contributed by atoms with E-state index in [0.717, 1.165) is 45.8 Å². The third-order valence-electron chi connectivity index (χ3n) is 4.05. The number of sulfonamides is 1. The maximum absolute atomic E-state index is 12.3. The van der Waals surface area contributed by atoms with Crippen molar-refractivity contribution in [3.8, 4) is 0 Å². The highest BCUT2D eigenvalue weighted by Crippen LogP contribution is 2.08. The fraction of sp³-hybridized carbons (Fsp3) is 1.00. The maximum Gasteiger partial charge on any atom is 0.215 e. The summed E-state index contributed by atoms with van der Waals surface area (Å²) >= 11 is 0. The van der Waals surface area contributed by atoms with Crippen molar-refractivity contribution < 1.29 is 8.42 Å². The molecule has 6 nitrogen and oxygen atoms in total. The van der Waals surface area contributed by atoms with Gasteiger partial charge in [0.25, 0.3) is 0 Å². The monoisotopic (exact) mass is 290 g/mol. The van der Waals surface area contributed by atoms with Crippen LogP contribution in [0, 0.1) is 0 Å². The second kappa shape index (κ2) is 6.99. The standard InChI is InChI=1S/C12H26N4O2S/c1-2-14-7-9-16(10-8-14)19(17,18)12-11-15-5-3-13-4-6-15/h13H,2-12H2,1H3. The van der Waals surface area contributed by atoms with Gasteiger partial charge in [0.15, 0.2) is 0 Å². The summed E-state index contributed by atoms with van der Waals surface area (Å²) in [6.07, 6.45) is 0. The Balaban J connectivity index is 1.78. The summed E-state index contributed by atoms with van der Waals surface area (Å²) < 4.78 is 26.2. The molecule has 2 saturated heterocycles. The highest BCUT2D eigenvalue weighted by Gasteiger charge is 2.26. The number of hydrogen-bond acceptors (Lipinski definition) is 5. The first-order valence-corrected chi connectivity index (χ1v) is 8.86. The fourth-order valence-electron chi connectivity index (χ4n) is 2.63. The molecule has 0 bridgehead atoms. The van der Waals surface area contributed by atoms with Crippen LogP contribution in [0.5, 0.6) is 0 Å². The van der Waals surface area contributed by atoms with Crippen molar-refractivity contribution in [1.29, 1.82) is 0 Å². The molecule has 0 aromatic rings. The average Bonchev–Trinajstić information content (AvgIpc) is 2.46. The molecule has 0 radical (unpaired) electrons. The third kappa shape index (κ3) is 4.39. The lowest BCUT2D eigenvalue weighted by atomic mass is 10.4. The van der Waals surface area contributed by atoms with Gasteiger partial charge in [-0.3, -0.25) is 4.90 Å². The molecule has 1 N–H and O–H groups in total. The quantitative estimate of drug-likeness (QED) is 0.694. The molecule has 0 unspecified atom stereocenters. The Morgan fingerprint density at radius 3 is 2.16 bits per heavy atom. The number of likely N-dealkylation sites (N-methyl/N-ethyl adjacent to an activating group) is 1. The van der Waals surface area contributed by atoms with E-state index in [1.807, 2.05) is 0 Å². The van der Waals surface area contributed by atoms with E-state index in [1.54, 1.807) is 4.31 Å². The number of hydrogen-bond donors (Lipinski definition) is 1. The van der Waals surface area contributed by atoms with Crippen LogP contribution >= 0.6 is 0 Å². The second-order valence-electron chi connectivity index (χ2n) is 5.24. The van der Waals surface area contributed by atoms with E-state index >= 15 is 0 Å². The van der Waals surface area contributed by atoms with Gasteiger partial charge < -0.3 is 10.2 Å². The van der Waals surface area contributed by atoms with Crippen molar-refractivity contribution in [3.05, 3.63) is 0 Å². The van der Waals surface area contributed by atoms with Gasteiger partial charge in [-0.25, -0.2) is 8.42 Å². The van der Waals surface area contributed by atoms with Gasteiger partial charge in [-0.05, 0) is 6.54 Å². The molecule has 0 atom stereocenters. The minimum Gasteiger partial charge on any atom is -0.314 e. The lowest BCUT2D eigenvalue weighted by molar-refractivity contribution is 0.195. The van der Waals surface area contributed by atoms with Gasteiger partial charge in [-0.2, -0.15) is 4.31 Å². The van der Waals surface area contributed by atoms with Crippen molar-refractivity contribution in [3.63, 3.8) is 0 Å². The minimum atomic E-state index is -3.07. The van der Waals surface area contributed by atoms with Crippen LogP contribution in [0.4, 0.5) is 0 Å². The third-order valence-corrected chi connectivity index (χ3v) is 5.90. The molecule has 2 aliphatic heterocycles. The smallest absolute Gasteiger partial charge is 0.215 e. The van der Waals surface area contributed by atoms with Crippen LogP contribution in [0.3, 0.4) is 0 Å². The van der Waals surface area contributed by atoms with Crippen molar-refractivity contribution in [1.82, 2.24) is 19.4 Å². The number of nitrogens with one attached hydrogen (secondary N) is 1. The van der Waals surface area contributed by atoms with Crippen LogP contribution in [0.25, 0.3) is 0 Å². The van der Waals surface area contributed by atoms with E-state index in [-0.39, 0.29) is 5.75 Å². The van der Waals surface area contributed by atoms with Crippen molar-refractivity contribution >= 4 is 10.0 Å². The molecule has 2 fully saturated rings. The topological polar surface area (TPSA) is 55.9 Å². The van der Waals surface area contributed by atoms with Gasteiger partial charge in [0.1, 0.15) is 0 Å². The van der Waals surface area contributed by atoms with Crippen molar-refractivity contribution in [2.24, 2.45) is 0 Å². The summed E-state index contributed by atoms with van der Waals surface area (Å²) in [6.45, 7) is 10.7. The van der Waals surface area contributed by atoms with Crippen LogP contribution in [0.15, 0.2) is 0 Å². The Kier molecular flexibility index (Phi) is 5.58. The van der Waals surface area contributed by atoms with Crippen LogP contribution in [0.2, 0.25) is 0 Å². The van der Waals surface area contributed by atoms with E-state index in [1.165, 1.54) is 0 Å². The second-order valence-corrected chi connectivity index (χ2v) is 7.33. The maximum atomic E-state index is 12.3. The molecule has 0 aliphatic carbocycles. The summed E-state index contributed by atoms with van der Waals surface area (Å²) in [5.41, 5.74) is 0. The average molecular weight is 290 g/mol. The highest BCUT2D eigenvalue weighted by molar-refractivity contribution is 7.89. The molecule has 0 aromatic heterocycles. The van der Waals surface area contributed by atoms with Crippen LogP contribution in [0.1, 0.15) is 6.92 Å². The molecule has 7 heteroatoms. The van der Waals surface area contributed by atoms with Gasteiger partial charge in [-0.15, -0.1) is 0 Å². The van der Waals surface area contributed by atoms with E-state index in [2.05, 4.69) is 22.0 Å². The molecular weight excluding hydrogens is 264 g/mol. The summed E-state index contributed by atoms with van der Waals surface area (Å²) in [5.74, 6) is 0.263. The van der Waals surface area contributed by atoms with Gasteiger partial charge >= 0.3 is 0 Å². The summed E-state index contributed by atoms with van der Waals surface area (Å²) in [6, 6.07) is 0. The molecule has 0 amide bonds. The van der Waals surface area contributed by atoms with Gasteiger partial charge in [0.2, 0.25) is 10.0 Å². The Hall–Kier alpha value is -0.210. The van der Waals surface area contributed by atoms with E-state index in [4.69, 9.17) is 0 Å². The lowest BCUT2D eigenvalue weighted by Crippen LogP contribution is -2.51. The van der Waals surface area contributed by atoms with Crippen LogP contribution in [-0.2, 0) is 10.0 Å². The predicted octanol–water partition coefficient (Wildman–Crippen LogP) is -1.14. The molecular formula is C12H26N4O2S. The zero-order valence-corrected chi connectivity index (χ0v) is 12.7. The molecule has 112 valence electrons. The number of piperazine rings is 2. The Labute approximate surface area is 116 Å². The Morgan fingerprint density at radius 1 is 0.947 bits per heavy atom. The summed E-state index contributed by atoms with van der Waals surface area (Å²) in [5, 5.41) is 3.28. The molecule has 0 spiro atoms. The van der Waals surface area contributed by atoms with Crippen molar-refractivity contribution in [2.75, 3.05) is 71.2 Å². The number of rotatable bonds is 5. The zero-order chi connectivity index (χ0) is 13.7. The van der Waals surface area contributed by atoms with Gasteiger partial charge in [-0.1, -0.05) is 6.92 Å². The van der Waals surface area contributed by atoms with E-state index < -0.39 is 10.0 Å². The molecule has 0 saturated carbocycles. The Bertz CT molecular complexity index is 360. The molecule has 2 rings (SSSR count). The van der Waals surface area contributed by atoms with Crippen molar-refractivity contribution in [2.45, 2.75) is 6.92 Å². The zero-order valence-electron chi connectivity index (χ0n) is 11.8.